The highest BCUT2D eigenvalue weighted by Crippen LogP contribution is 2.31. The van der Waals surface area contributed by atoms with Gasteiger partial charge in [0.05, 0.1) is 56.9 Å². The lowest BCUT2D eigenvalue weighted by Gasteiger charge is -2.13. The molecule has 0 aliphatic carbocycles. The SMILES string of the molecule is COc1ccc(CNc2nc(NCCCCCCCCNc3nc(NCc4ccc(OC)c(OC)c4)nc(NCc4ccc(OC)c(OC)c4)n3)nc(NCc3ccc(OC)c(OC)c3)n2)cc1OC. The monoisotopic (exact) mass is 963 g/mol. The van der Waals surface area contributed by atoms with Gasteiger partial charge in [-0.2, -0.15) is 29.9 Å². The maximum Gasteiger partial charge on any atom is 0.229 e. The molecule has 0 saturated carbocycles. The summed E-state index contributed by atoms with van der Waals surface area (Å²) in [6.07, 6.45) is 6.20. The fourth-order valence-electron chi connectivity index (χ4n) is 7.27. The van der Waals surface area contributed by atoms with Crippen molar-refractivity contribution in [2.75, 3.05) is 102 Å². The summed E-state index contributed by atoms with van der Waals surface area (Å²) in [5.41, 5.74) is 3.90. The van der Waals surface area contributed by atoms with Crippen LogP contribution >= 0.6 is 0 Å². The average molecular weight is 963 g/mol. The van der Waals surface area contributed by atoms with E-state index in [0.29, 0.717) is 121 Å². The molecule has 0 fully saturated rings. The second-order valence-electron chi connectivity index (χ2n) is 15.8. The summed E-state index contributed by atoms with van der Waals surface area (Å²) in [6, 6.07) is 23.0. The topological polar surface area (TPSA) is 223 Å². The van der Waals surface area contributed by atoms with Crippen molar-refractivity contribution in [3.05, 3.63) is 95.1 Å². The van der Waals surface area contributed by atoms with Crippen LogP contribution in [0.5, 0.6) is 46.0 Å². The smallest absolute Gasteiger partial charge is 0.229 e. The summed E-state index contributed by atoms with van der Waals surface area (Å²) >= 11 is 0. The van der Waals surface area contributed by atoms with Crippen LogP contribution in [-0.4, -0.2) is 99.9 Å². The molecule has 0 aliphatic rings. The number of unbranched alkanes of at least 4 members (excludes halogenated alkanes) is 5. The Morgan fingerprint density at radius 2 is 0.486 bits per heavy atom. The first-order valence-electron chi connectivity index (χ1n) is 23.1. The van der Waals surface area contributed by atoms with Crippen LogP contribution in [-0.2, 0) is 26.2 Å². The van der Waals surface area contributed by atoms with Crippen LogP contribution in [0.15, 0.2) is 72.8 Å². The second-order valence-corrected chi connectivity index (χ2v) is 15.8. The summed E-state index contributed by atoms with van der Waals surface area (Å²) in [5.74, 6) is 7.88. The Morgan fingerprint density at radius 1 is 0.271 bits per heavy atom. The summed E-state index contributed by atoms with van der Waals surface area (Å²) in [6.45, 7) is 3.27. The van der Waals surface area contributed by atoms with Crippen molar-refractivity contribution in [3.63, 3.8) is 0 Å². The number of benzene rings is 4. The van der Waals surface area contributed by atoms with E-state index in [9.17, 15) is 0 Å². The lowest BCUT2D eigenvalue weighted by molar-refractivity contribution is 0.354. The summed E-state index contributed by atoms with van der Waals surface area (Å²) in [5, 5.41) is 20.2. The molecule has 2 aromatic heterocycles. The van der Waals surface area contributed by atoms with Crippen molar-refractivity contribution in [1.29, 1.82) is 0 Å². The van der Waals surface area contributed by atoms with E-state index in [1.54, 1.807) is 56.9 Å². The minimum Gasteiger partial charge on any atom is -0.493 e. The van der Waals surface area contributed by atoms with Gasteiger partial charge >= 0.3 is 0 Å². The van der Waals surface area contributed by atoms with Crippen LogP contribution in [0, 0.1) is 0 Å². The molecule has 0 saturated heterocycles. The predicted molar refractivity (Wildman–Crippen MR) is 272 cm³/mol. The fourth-order valence-corrected chi connectivity index (χ4v) is 7.27. The highest BCUT2D eigenvalue weighted by atomic mass is 16.5. The number of nitrogens with zero attached hydrogens (tertiary/aromatic N) is 6. The Kier molecular flexibility index (Phi) is 20.0. The molecule has 6 rings (SSSR count). The van der Waals surface area contributed by atoms with Gasteiger partial charge in [-0.15, -0.1) is 0 Å². The largest absolute Gasteiger partial charge is 0.493 e. The van der Waals surface area contributed by atoms with E-state index in [1.807, 2.05) is 72.8 Å². The zero-order chi connectivity index (χ0) is 49.5. The molecule has 0 aliphatic heterocycles. The molecule has 374 valence electrons. The number of ether oxygens (including phenoxy) is 8. The van der Waals surface area contributed by atoms with Crippen LogP contribution < -0.4 is 69.8 Å². The molecule has 0 atom stereocenters. The summed E-state index contributed by atoms with van der Waals surface area (Å²) in [7, 11) is 12.9. The van der Waals surface area contributed by atoms with E-state index in [2.05, 4.69) is 61.8 Å². The Morgan fingerprint density at radius 3 is 0.714 bits per heavy atom. The first-order chi connectivity index (χ1) is 34.3. The highest BCUT2D eigenvalue weighted by Gasteiger charge is 2.13. The molecule has 0 spiro atoms. The van der Waals surface area contributed by atoms with Gasteiger partial charge in [-0.3, -0.25) is 0 Å². The molecule has 0 amide bonds. The van der Waals surface area contributed by atoms with E-state index in [1.165, 1.54) is 0 Å². The molecular weight excluding hydrogens is 897 g/mol. The number of methoxy groups -OCH3 is 8. The molecule has 0 unspecified atom stereocenters. The number of hydrogen-bond acceptors (Lipinski definition) is 20. The van der Waals surface area contributed by atoms with Crippen LogP contribution in [0.25, 0.3) is 0 Å². The Hall–Kier alpha value is -7.90. The fraction of sp³-hybridized carbons (Fsp3) is 0.400. The third kappa shape index (κ3) is 15.3. The standard InChI is InChI=1S/C50H66N12O8/c1-63-37-19-15-33(25-41(37)67-5)29-53-47-57-45(58-48(61-47)54-30-34-16-20-38(64-2)42(26-34)68-6)51-23-13-11-9-10-12-14-24-52-46-59-49(55-31-35-17-21-39(65-3)43(27-35)69-7)62-50(60-46)56-32-36-18-22-40(66-4)44(28-36)70-8/h15-22,25-28H,9-14,23-24,29-32H2,1-8H3,(H3,51,53,54,57,58,61)(H3,52,55,56,59,60,62). The molecule has 70 heavy (non-hydrogen) atoms. The number of aromatic nitrogens is 6. The van der Waals surface area contributed by atoms with Crippen LogP contribution in [0.3, 0.4) is 0 Å². The molecule has 6 aromatic rings. The number of rotatable bonds is 31. The molecule has 0 bridgehead atoms. The Bertz CT molecular complexity index is 2240. The molecule has 0 radical (unpaired) electrons. The highest BCUT2D eigenvalue weighted by molar-refractivity contribution is 5.49. The van der Waals surface area contributed by atoms with E-state index < -0.39 is 0 Å². The van der Waals surface area contributed by atoms with Gasteiger partial charge in [0, 0.05) is 39.3 Å². The third-order valence-electron chi connectivity index (χ3n) is 11.0. The molecule has 4 aromatic carbocycles. The lowest BCUT2D eigenvalue weighted by atomic mass is 10.1. The van der Waals surface area contributed by atoms with Crippen LogP contribution in [0.2, 0.25) is 0 Å². The van der Waals surface area contributed by atoms with Gasteiger partial charge < -0.3 is 69.8 Å². The van der Waals surface area contributed by atoms with E-state index in [4.69, 9.17) is 37.9 Å². The number of nitrogens with one attached hydrogen (secondary N) is 6. The van der Waals surface area contributed by atoms with Crippen molar-refractivity contribution >= 4 is 35.7 Å². The average Bonchev–Trinajstić information content (AvgIpc) is 3.40. The van der Waals surface area contributed by atoms with Crippen molar-refractivity contribution in [3.8, 4) is 46.0 Å². The maximum atomic E-state index is 5.49. The van der Waals surface area contributed by atoms with Gasteiger partial charge in [-0.1, -0.05) is 49.9 Å². The first-order valence-corrected chi connectivity index (χ1v) is 23.1. The van der Waals surface area contributed by atoms with E-state index >= 15 is 0 Å². The van der Waals surface area contributed by atoms with Gasteiger partial charge in [-0.05, 0) is 83.6 Å². The van der Waals surface area contributed by atoms with Crippen molar-refractivity contribution < 1.29 is 37.9 Å². The molecule has 6 N–H and O–H groups in total. The van der Waals surface area contributed by atoms with Crippen LogP contribution in [0.1, 0.15) is 60.8 Å². The molecule has 2 heterocycles. The van der Waals surface area contributed by atoms with Crippen LogP contribution in [0.4, 0.5) is 35.7 Å². The zero-order valence-electron chi connectivity index (χ0n) is 41.4. The van der Waals surface area contributed by atoms with Gasteiger partial charge in [0.15, 0.2) is 46.0 Å². The van der Waals surface area contributed by atoms with Crippen molar-refractivity contribution in [2.45, 2.75) is 64.7 Å². The Labute approximate surface area is 410 Å². The number of hydrogen-bond donors (Lipinski definition) is 6. The molecule has 20 heteroatoms. The summed E-state index contributed by atoms with van der Waals surface area (Å²) in [4.78, 5) is 28.1. The minimum atomic E-state index is 0.428. The second kappa shape index (κ2) is 27.2. The zero-order valence-corrected chi connectivity index (χ0v) is 41.4. The van der Waals surface area contributed by atoms with E-state index in [-0.39, 0.29) is 0 Å². The maximum absolute atomic E-state index is 5.49. The minimum absolute atomic E-state index is 0.428. The predicted octanol–water partition coefficient (Wildman–Crippen LogP) is 8.44. The normalized spacial score (nSPS) is 10.7. The quantitative estimate of drug-likeness (QED) is 0.0225. The van der Waals surface area contributed by atoms with Crippen molar-refractivity contribution in [2.24, 2.45) is 0 Å². The number of anilines is 6. The summed E-state index contributed by atoms with van der Waals surface area (Å²) < 4.78 is 43.6. The molecule has 20 nitrogen and oxygen atoms in total. The van der Waals surface area contributed by atoms with Crippen molar-refractivity contribution in [1.82, 2.24) is 29.9 Å². The van der Waals surface area contributed by atoms with Gasteiger partial charge in [0.25, 0.3) is 0 Å². The first kappa shape index (κ1) is 51.5. The van der Waals surface area contributed by atoms with Gasteiger partial charge in [0.1, 0.15) is 0 Å². The lowest BCUT2D eigenvalue weighted by Crippen LogP contribution is -2.13. The Balaban J connectivity index is 0.986. The van der Waals surface area contributed by atoms with Gasteiger partial charge in [0.2, 0.25) is 35.7 Å². The third-order valence-corrected chi connectivity index (χ3v) is 11.0. The molecular formula is C50H66N12O8. The van der Waals surface area contributed by atoms with Gasteiger partial charge in [-0.25, -0.2) is 0 Å². The van der Waals surface area contributed by atoms with E-state index in [0.717, 1.165) is 60.8 Å².